The molecule has 5 N–H and O–H groups in total. The summed E-state index contributed by atoms with van der Waals surface area (Å²) in [7, 11) is 0. The highest BCUT2D eigenvalue weighted by Gasteiger charge is 2.38. The Balaban J connectivity index is 2.17. The first-order valence-electron chi connectivity index (χ1n) is 25.6. The monoisotopic (exact) mass is 826 g/mol. The maximum absolute atomic E-state index is 13.0. The van der Waals surface area contributed by atoms with Crippen LogP contribution in [0.15, 0.2) is 0 Å². The van der Waals surface area contributed by atoms with E-state index in [1.165, 1.54) is 193 Å². The molecule has 1 rings (SSSR count). The molecular weight excluding hydrogens is 727 g/mol. The third-order valence-electron chi connectivity index (χ3n) is 12.6. The van der Waals surface area contributed by atoms with Gasteiger partial charge in [0, 0.05) is 12.8 Å². The van der Waals surface area contributed by atoms with Gasteiger partial charge in [0.2, 0.25) is 5.91 Å². The van der Waals surface area contributed by atoms with Gasteiger partial charge in [-0.3, -0.25) is 4.79 Å². The standard InChI is InChI=1S/C50H99NO7/c1-3-5-7-9-11-13-15-17-18-19-20-21-22-23-24-25-26-28-30-32-34-36-38-40-48(55)51-45(43-57-50-49(56)47(54)41-44(42-52)58-50)46(53)39-37-35-33-31-29-27-16-14-12-10-8-6-4-2/h44-47,49-50,52-54,56H,3-43H2,1-2H3,(H,51,55)/t44-,45-,46+,47-,49+,50-/m0/s1. The van der Waals surface area contributed by atoms with Gasteiger partial charge in [0.05, 0.1) is 37.6 Å². The topological polar surface area (TPSA) is 128 Å². The SMILES string of the molecule is CCCCCCCCCCCCCCCCCCCCCCCCCC(=O)N[C@@H](CO[C@H]1O[C@H](CO)C[C@H](O)[C@H]1O)[C@H](O)CCCCCCCCCCCCCCC. The van der Waals surface area contributed by atoms with Crippen molar-refractivity contribution < 1.29 is 34.7 Å². The van der Waals surface area contributed by atoms with Crippen molar-refractivity contribution in [3.8, 4) is 0 Å². The van der Waals surface area contributed by atoms with E-state index in [9.17, 15) is 25.2 Å². The van der Waals surface area contributed by atoms with Crippen molar-refractivity contribution >= 4 is 5.91 Å². The molecule has 1 amide bonds. The summed E-state index contributed by atoms with van der Waals surface area (Å²) < 4.78 is 11.5. The molecule has 1 aliphatic rings. The van der Waals surface area contributed by atoms with Gasteiger partial charge in [0.15, 0.2) is 6.29 Å². The fraction of sp³-hybridized carbons (Fsp3) is 0.980. The summed E-state index contributed by atoms with van der Waals surface area (Å²) in [6, 6.07) is -0.642. The van der Waals surface area contributed by atoms with Crippen molar-refractivity contribution in [2.24, 2.45) is 0 Å². The van der Waals surface area contributed by atoms with E-state index in [4.69, 9.17) is 9.47 Å². The summed E-state index contributed by atoms with van der Waals surface area (Å²) in [6.07, 6.45) is 43.4. The van der Waals surface area contributed by atoms with E-state index in [0.29, 0.717) is 12.8 Å². The fourth-order valence-corrected chi connectivity index (χ4v) is 8.54. The van der Waals surface area contributed by atoms with Gasteiger partial charge in [-0.2, -0.15) is 0 Å². The predicted octanol–water partition coefficient (Wildman–Crippen LogP) is 12.5. The first-order valence-corrected chi connectivity index (χ1v) is 25.6. The number of amides is 1. The molecule has 0 radical (unpaired) electrons. The largest absolute Gasteiger partial charge is 0.394 e. The summed E-state index contributed by atoms with van der Waals surface area (Å²) in [6.45, 7) is 4.22. The molecule has 6 atom stereocenters. The summed E-state index contributed by atoms with van der Waals surface area (Å²) in [5.74, 6) is -0.0973. The van der Waals surface area contributed by atoms with Gasteiger partial charge in [-0.05, 0) is 12.8 Å². The Morgan fingerprint density at radius 1 is 0.569 bits per heavy atom. The van der Waals surface area contributed by atoms with Crippen LogP contribution in [0.25, 0.3) is 0 Å². The van der Waals surface area contributed by atoms with Crippen LogP contribution < -0.4 is 5.32 Å². The molecule has 8 heteroatoms. The Morgan fingerprint density at radius 3 is 1.28 bits per heavy atom. The summed E-state index contributed by atoms with van der Waals surface area (Å²) in [5, 5.41) is 44.4. The Kier molecular flexibility index (Phi) is 39.6. The highest BCUT2D eigenvalue weighted by atomic mass is 16.7. The third kappa shape index (κ3) is 32.9. The van der Waals surface area contributed by atoms with E-state index in [1.807, 2.05) is 0 Å². The molecule has 1 saturated heterocycles. The zero-order chi connectivity index (χ0) is 42.2. The molecule has 346 valence electrons. The zero-order valence-corrected chi connectivity index (χ0v) is 38.5. The predicted molar refractivity (Wildman–Crippen MR) is 243 cm³/mol. The van der Waals surface area contributed by atoms with Crippen LogP contribution in [0.3, 0.4) is 0 Å². The van der Waals surface area contributed by atoms with Crippen LogP contribution in [0.5, 0.6) is 0 Å². The molecule has 1 heterocycles. The van der Waals surface area contributed by atoms with Crippen LogP contribution in [0.4, 0.5) is 0 Å². The van der Waals surface area contributed by atoms with Crippen LogP contribution >= 0.6 is 0 Å². The van der Waals surface area contributed by atoms with Gasteiger partial charge in [-0.25, -0.2) is 0 Å². The van der Waals surface area contributed by atoms with Crippen molar-refractivity contribution in [1.82, 2.24) is 5.32 Å². The number of nitrogens with one attached hydrogen (secondary N) is 1. The molecule has 58 heavy (non-hydrogen) atoms. The van der Waals surface area contributed by atoms with Crippen molar-refractivity contribution in [3.63, 3.8) is 0 Å². The second kappa shape index (κ2) is 41.6. The molecule has 1 fully saturated rings. The van der Waals surface area contributed by atoms with Crippen molar-refractivity contribution in [1.29, 1.82) is 0 Å². The number of unbranched alkanes of at least 4 members (excludes halogenated alkanes) is 34. The number of rotatable bonds is 44. The lowest BCUT2D eigenvalue weighted by Crippen LogP contribution is -2.53. The fourth-order valence-electron chi connectivity index (χ4n) is 8.54. The second-order valence-corrected chi connectivity index (χ2v) is 18.2. The van der Waals surface area contributed by atoms with Gasteiger partial charge in [0.25, 0.3) is 0 Å². The Hall–Kier alpha value is -0.770. The van der Waals surface area contributed by atoms with E-state index in [0.717, 1.165) is 38.5 Å². The first-order chi connectivity index (χ1) is 28.4. The van der Waals surface area contributed by atoms with E-state index in [-0.39, 0.29) is 25.5 Å². The van der Waals surface area contributed by atoms with E-state index >= 15 is 0 Å². The first kappa shape index (κ1) is 55.2. The molecule has 1 aliphatic heterocycles. The van der Waals surface area contributed by atoms with Crippen molar-refractivity contribution in [2.75, 3.05) is 13.2 Å². The number of aliphatic hydroxyl groups is 4. The van der Waals surface area contributed by atoms with Crippen molar-refractivity contribution in [3.05, 3.63) is 0 Å². The molecule has 0 aromatic heterocycles. The lowest BCUT2D eigenvalue weighted by molar-refractivity contribution is -0.273. The van der Waals surface area contributed by atoms with Gasteiger partial charge in [-0.15, -0.1) is 0 Å². The number of carbonyl (C=O) groups is 1. The second-order valence-electron chi connectivity index (χ2n) is 18.2. The van der Waals surface area contributed by atoms with Crippen LogP contribution in [0.2, 0.25) is 0 Å². The summed E-state index contributed by atoms with van der Waals surface area (Å²) in [4.78, 5) is 13.0. The molecule has 0 aromatic carbocycles. The maximum atomic E-state index is 13.0. The molecule has 0 unspecified atom stereocenters. The van der Waals surface area contributed by atoms with E-state index in [2.05, 4.69) is 19.2 Å². The maximum Gasteiger partial charge on any atom is 0.220 e. The number of hydrogen-bond acceptors (Lipinski definition) is 7. The van der Waals surface area contributed by atoms with Gasteiger partial charge in [0.1, 0.15) is 6.10 Å². The van der Waals surface area contributed by atoms with E-state index in [1.54, 1.807) is 0 Å². The average Bonchev–Trinajstić information content (AvgIpc) is 3.22. The minimum absolute atomic E-state index is 0.0443. The minimum atomic E-state index is -1.26. The Bertz CT molecular complexity index is 862. The normalized spacial score (nSPS) is 19.4. The Labute approximate surface area is 359 Å². The lowest BCUT2D eigenvalue weighted by Gasteiger charge is -2.37. The van der Waals surface area contributed by atoms with Crippen LogP contribution in [-0.2, 0) is 14.3 Å². The van der Waals surface area contributed by atoms with Gasteiger partial charge >= 0.3 is 0 Å². The van der Waals surface area contributed by atoms with Gasteiger partial charge < -0.3 is 35.2 Å². The molecule has 8 nitrogen and oxygen atoms in total. The third-order valence-corrected chi connectivity index (χ3v) is 12.6. The van der Waals surface area contributed by atoms with Crippen LogP contribution in [0.1, 0.15) is 264 Å². The van der Waals surface area contributed by atoms with Crippen LogP contribution in [-0.4, -0.2) is 76.3 Å². The minimum Gasteiger partial charge on any atom is -0.394 e. The molecule has 0 aromatic rings. The summed E-state index contributed by atoms with van der Waals surface area (Å²) in [5.41, 5.74) is 0. The average molecular weight is 826 g/mol. The highest BCUT2D eigenvalue weighted by molar-refractivity contribution is 5.76. The van der Waals surface area contributed by atoms with Crippen molar-refractivity contribution in [2.45, 2.75) is 301 Å². The molecular formula is C50H99NO7. The zero-order valence-electron chi connectivity index (χ0n) is 38.5. The number of ether oxygens (including phenoxy) is 2. The quantitative estimate of drug-likeness (QED) is 0.0387. The van der Waals surface area contributed by atoms with Gasteiger partial charge in [-0.1, -0.05) is 239 Å². The smallest absolute Gasteiger partial charge is 0.220 e. The number of carbonyl (C=O) groups excluding carboxylic acids is 1. The molecule has 0 spiro atoms. The van der Waals surface area contributed by atoms with Crippen LogP contribution in [0, 0.1) is 0 Å². The molecule has 0 aliphatic carbocycles. The Morgan fingerprint density at radius 2 is 0.914 bits per heavy atom. The summed E-state index contributed by atoms with van der Waals surface area (Å²) >= 11 is 0. The molecule has 0 saturated carbocycles. The lowest BCUT2D eigenvalue weighted by atomic mass is 10.0. The van der Waals surface area contributed by atoms with E-state index < -0.39 is 36.7 Å². The highest BCUT2D eigenvalue weighted by Crippen LogP contribution is 2.23. The number of hydrogen-bond donors (Lipinski definition) is 5. The number of aliphatic hydroxyl groups excluding tert-OH is 4. The molecule has 0 bridgehead atoms.